The Morgan fingerprint density at radius 1 is 1.04 bits per heavy atom. The maximum Gasteiger partial charge on any atom is 0.216 e. The van der Waals surface area contributed by atoms with Gasteiger partial charge in [-0.1, -0.05) is 0 Å². The Balaban J connectivity index is 1.66. The Bertz CT molecular complexity index is 934. The molecule has 0 atom stereocenters. The van der Waals surface area contributed by atoms with E-state index >= 15 is 0 Å². The molecule has 1 N–H and O–H groups in total. The molecule has 0 radical (unpaired) electrons. The summed E-state index contributed by atoms with van der Waals surface area (Å²) in [4.78, 5) is 0.847. The molecule has 0 fully saturated rings. The largest absolute Gasteiger partial charge is 0.216 e. The van der Waals surface area contributed by atoms with Crippen LogP contribution in [0.3, 0.4) is 0 Å². The summed E-state index contributed by atoms with van der Waals surface area (Å²) in [5.74, 6) is -2.00. The highest BCUT2D eigenvalue weighted by molar-refractivity contribution is 7.88. The summed E-state index contributed by atoms with van der Waals surface area (Å²) in [5, 5.41) is 5.95. The molecule has 3 nitrogen and oxygen atoms in total. The van der Waals surface area contributed by atoms with Crippen LogP contribution in [0.25, 0.3) is 11.1 Å². The van der Waals surface area contributed by atoms with Crippen LogP contribution in [0.2, 0.25) is 0 Å². The highest BCUT2D eigenvalue weighted by Gasteiger charge is 2.16. The summed E-state index contributed by atoms with van der Waals surface area (Å²) in [6.07, 6.45) is 0. The molecule has 0 amide bonds. The van der Waals surface area contributed by atoms with Crippen LogP contribution in [0.4, 0.5) is 8.78 Å². The Morgan fingerprint density at radius 3 is 2.62 bits per heavy atom. The zero-order valence-corrected chi connectivity index (χ0v) is 14.8. The zero-order valence-electron chi connectivity index (χ0n) is 12.3. The minimum absolute atomic E-state index is 0.119. The SMILES string of the molecule is O=S(=O)(Cc1cc(F)ccc1F)NCc1cc(-c2ccsc2)cs1. The van der Waals surface area contributed by atoms with E-state index < -0.39 is 27.4 Å². The molecule has 3 aromatic rings. The van der Waals surface area contributed by atoms with E-state index in [0.717, 1.165) is 34.2 Å². The van der Waals surface area contributed by atoms with E-state index in [4.69, 9.17) is 0 Å². The molecule has 0 aliphatic rings. The fourth-order valence-electron chi connectivity index (χ4n) is 2.14. The first-order valence-electron chi connectivity index (χ1n) is 6.94. The Morgan fingerprint density at radius 2 is 1.88 bits per heavy atom. The van der Waals surface area contributed by atoms with Crippen LogP contribution < -0.4 is 4.72 Å². The van der Waals surface area contributed by atoms with Crippen LogP contribution in [-0.2, 0) is 22.3 Å². The number of nitrogens with one attached hydrogen (secondary N) is 1. The molecule has 2 aromatic heterocycles. The van der Waals surface area contributed by atoms with E-state index in [1.807, 2.05) is 28.3 Å². The fraction of sp³-hybridized carbons (Fsp3) is 0.125. The first-order valence-corrected chi connectivity index (χ1v) is 10.4. The Labute approximate surface area is 146 Å². The molecular weight excluding hydrogens is 372 g/mol. The van der Waals surface area contributed by atoms with Crippen LogP contribution in [0.1, 0.15) is 10.4 Å². The minimum atomic E-state index is -3.76. The van der Waals surface area contributed by atoms with E-state index in [1.165, 1.54) is 11.3 Å². The van der Waals surface area contributed by atoms with Gasteiger partial charge in [-0.05, 0) is 57.6 Å². The number of rotatable bonds is 6. The highest BCUT2D eigenvalue weighted by Crippen LogP contribution is 2.27. The van der Waals surface area contributed by atoms with Gasteiger partial charge in [0.15, 0.2) is 0 Å². The van der Waals surface area contributed by atoms with Crippen molar-refractivity contribution >= 4 is 32.7 Å². The monoisotopic (exact) mass is 385 g/mol. The fourth-order valence-corrected chi connectivity index (χ4v) is 4.84. The second-order valence-corrected chi connectivity index (χ2v) is 8.71. The van der Waals surface area contributed by atoms with Crippen molar-refractivity contribution in [1.29, 1.82) is 0 Å². The smallest absolute Gasteiger partial charge is 0.212 e. The molecule has 0 aliphatic heterocycles. The average Bonchev–Trinajstić information content (AvgIpc) is 3.19. The number of hydrogen-bond donors (Lipinski definition) is 1. The molecule has 0 aliphatic carbocycles. The van der Waals surface area contributed by atoms with Crippen LogP contribution in [0.15, 0.2) is 46.5 Å². The summed E-state index contributed by atoms with van der Waals surface area (Å²) in [5.41, 5.74) is 1.94. The van der Waals surface area contributed by atoms with E-state index in [2.05, 4.69) is 4.72 Å². The van der Waals surface area contributed by atoms with Crippen molar-refractivity contribution in [3.8, 4) is 11.1 Å². The molecule has 8 heteroatoms. The number of thiophene rings is 2. The van der Waals surface area contributed by atoms with E-state index in [0.29, 0.717) is 0 Å². The molecule has 0 bridgehead atoms. The van der Waals surface area contributed by atoms with E-state index in [9.17, 15) is 17.2 Å². The van der Waals surface area contributed by atoms with Crippen LogP contribution in [0.5, 0.6) is 0 Å². The summed E-state index contributed by atoms with van der Waals surface area (Å²) >= 11 is 3.04. The van der Waals surface area contributed by atoms with Gasteiger partial charge in [0.05, 0.1) is 5.75 Å². The number of halogens is 2. The van der Waals surface area contributed by atoms with Crippen molar-refractivity contribution < 1.29 is 17.2 Å². The van der Waals surface area contributed by atoms with Gasteiger partial charge in [0.25, 0.3) is 0 Å². The lowest BCUT2D eigenvalue weighted by atomic mass is 10.2. The first kappa shape index (κ1) is 17.2. The number of benzene rings is 1. The normalized spacial score (nSPS) is 11.8. The third-order valence-electron chi connectivity index (χ3n) is 3.33. The maximum absolute atomic E-state index is 13.6. The van der Waals surface area contributed by atoms with Gasteiger partial charge in [0.2, 0.25) is 10.0 Å². The van der Waals surface area contributed by atoms with Crippen molar-refractivity contribution in [3.05, 3.63) is 68.5 Å². The molecule has 0 saturated heterocycles. The van der Waals surface area contributed by atoms with Gasteiger partial charge in [-0.15, -0.1) is 11.3 Å². The molecule has 3 rings (SSSR count). The van der Waals surface area contributed by atoms with Gasteiger partial charge in [-0.3, -0.25) is 0 Å². The summed E-state index contributed by atoms with van der Waals surface area (Å²) < 4.78 is 53.3. The lowest BCUT2D eigenvalue weighted by molar-refractivity contribution is 0.570. The lowest BCUT2D eigenvalue weighted by Crippen LogP contribution is -2.24. The average molecular weight is 385 g/mol. The summed E-state index contributed by atoms with van der Waals surface area (Å²) in [6.45, 7) is 0.119. The number of hydrogen-bond acceptors (Lipinski definition) is 4. The first-order chi connectivity index (χ1) is 11.4. The second kappa shape index (κ2) is 7.10. The van der Waals surface area contributed by atoms with Gasteiger partial charge in [0.1, 0.15) is 11.6 Å². The van der Waals surface area contributed by atoms with Crippen LogP contribution >= 0.6 is 22.7 Å². The molecule has 1 aromatic carbocycles. The summed E-state index contributed by atoms with van der Waals surface area (Å²) in [7, 11) is -3.76. The van der Waals surface area contributed by atoms with Gasteiger partial charge in [-0.2, -0.15) is 11.3 Å². The molecule has 0 saturated carbocycles. The Kier molecular flexibility index (Phi) is 5.09. The van der Waals surface area contributed by atoms with Crippen molar-refractivity contribution in [1.82, 2.24) is 4.72 Å². The van der Waals surface area contributed by atoms with Gasteiger partial charge in [-0.25, -0.2) is 21.9 Å². The molecule has 2 heterocycles. The van der Waals surface area contributed by atoms with Crippen molar-refractivity contribution in [2.75, 3.05) is 0 Å². The molecule has 0 spiro atoms. The third kappa shape index (κ3) is 4.27. The summed E-state index contributed by atoms with van der Waals surface area (Å²) in [6, 6.07) is 6.68. The lowest BCUT2D eigenvalue weighted by Gasteiger charge is -2.07. The molecule has 24 heavy (non-hydrogen) atoms. The predicted octanol–water partition coefficient (Wildman–Crippen LogP) is 4.37. The van der Waals surface area contributed by atoms with Crippen molar-refractivity contribution in [2.24, 2.45) is 0 Å². The van der Waals surface area contributed by atoms with Crippen LogP contribution in [0, 0.1) is 11.6 Å². The van der Waals surface area contributed by atoms with Gasteiger partial charge < -0.3 is 0 Å². The zero-order chi connectivity index (χ0) is 17.2. The molecule has 0 unspecified atom stereocenters. The van der Waals surface area contributed by atoms with Crippen LogP contribution in [-0.4, -0.2) is 8.42 Å². The quantitative estimate of drug-likeness (QED) is 0.685. The molecular formula is C16H13F2NO2S3. The van der Waals surface area contributed by atoms with Crippen molar-refractivity contribution in [2.45, 2.75) is 12.3 Å². The standard InChI is InChI=1S/C16H13F2NO2S3/c17-14-1-2-16(18)13(5-14)10-24(20,21)19-7-15-6-12(9-23-15)11-3-4-22-8-11/h1-6,8-9,19H,7,10H2. The van der Waals surface area contributed by atoms with E-state index in [-0.39, 0.29) is 12.1 Å². The second-order valence-electron chi connectivity index (χ2n) is 5.13. The number of sulfonamides is 1. The van der Waals surface area contributed by atoms with Gasteiger partial charge in [0, 0.05) is 17.0 Å². The van der Waals surface area contributed by atoms with Gasteiger partial charge >= 0.3 is 0 Å². The minimum Gasteiger partial charge on any atom is -0.212 e. The topological polar surface area (TPSA) is 46.2 Å². The Hall–Kier alpha value is -1.61. The molecule has 126 valence electrons. The predicted molar refractivity (Wildman–Crippen MR) is 93.5 cm³/mol. The van der Waals surface area contributed by atoms with Crippen molar-refractivity contribution in [3.63, 3.8) is 0 Å². The highest BCUT2D eigenvalue weighted by atomic mass is 32.2. The van der Waals surface area contributed by atoms with E-state index in [1.54, 1.807) is 11.3 Å². The maximum atomic E-state index is 13.6. The third-order valence-corrected chi connectivity index (χ3v) is 6.22.